The summed E-state index contributed by atoms with van der Waals surface area (Å²) in [7, 11) is 0. The molecular weight excluding hydrogens is 188 g/mol. The maximum atomic E-state index is 10.0. The van der Waals surface area contributed by atoms with Crippen LogP contribution in [0.25, 0.3) is 0 Å². The quantitative estimate of drug-likeness (QED) is 0.611. The molecule has 0 radical (unpaired) electrons. The van der Waals surface area contributed by atoms with E-state index in [0.29, 0.717) is 0 Å². The third-order valence-electron chi connectivity index (χ3n) is 3.77. The van der Waals surface area contributed by atoms with Crippen molar-refractivity contribution in [1.82, 2.24) is 0 Å². The fourth-order valence-electron chi connectivity index (χ4n) is 2.49. The Bertz CT molecular complexity index is 227. The summed E-state index contributed by atoms with van der Waals surface area (Å²) < 4.78 is 5.89. The van der Waals surface area contributed by atoms with Crippen LogP contribution in [0, 0.1) is 5.41 Å². The molecule has 0 aromatic heterocycles. The van der Waals surface area contributed by atoms with E-state index in [2.05, 4.69) is 0 Å². The molecule has 1 N–H and O–H groups in total. The van der Waals surface area contributed by atoms with Gasteiger partial charge in [-0.3, -0.25) is 0 Å². The highest BCUT2D eigenvalue weighted by molar-refractivity contribution is 6.22. The Morgan fingerprint density at radius 1 is 1.38 bits per heavy atom. The molecule has 2 heterocycles. The van der Waals surface area contributed by atoms with Crippen LogP contribution in [-0.4, -0.2) is 28.3 Å². The summed E-state index contributed by atoms with van der Waals surface area (Å²) in [5.74, 6) is 0. The zero-order valence-corrected chi connectivity index (χ0v) is 9.14. The van der Waals surface area contributed by atoms with Crippen molar-refractivity contribution in [1.29, 1.82) is 0 Å². The predicted molar refractivity (Wildman–Crippen MR) is 51.9 cm³/mol. The lowest BCUT2D eigenvalue weighted by Gasteiger charge is -2.47. The first-order chi connectivity index (χ1) is 5.88. The first kappa shape index (κ1) is 9.75. The predicted octanol–water partition coefficient (Wildman–Crippen LogP) is 1.93. The summed E-state index contributed by atoms with van der Waals surface area (Å²) in [6, 6.07) is 0. The molecular formula is C10H17ClO2. The standard InChI is InChI=1S/C10H17ClO2/c1-9(2)6-4-5-10(3,13-6)7(11)8(9)12/h6-8,12H,4-5H2,1-3H3. The fourth-order valence-corrected chi connectivity index (χ4v) is 2.97. The number of aliphatic hydroxyl groups excluding tert-OH is 1. The van der Waals surface area contributed by atoms with Gasteiger partial charge in [-0.2, -0.15) is 0 Å². The number of halogens is 1. The number of hydrogen-bond donors (Lipinski definition) is 1. The largest absolute Gasteiger partial charge is 0.391 e. The molecule has 0 aromatic rings. The molecule has 2 rings (SSSR count). The van der Waals surface area contributed by atoms with E-state index in [1.165, 1.54) is 0 Å². The van der Waals surface area contributed by atoms with Crippen LogP contribution in [0.2, 0.25) is 0 Å². The van der Waals surface area contributed by atoms with Crippen LogP contribution in [-0.2, 0) is 4.74 Å². The Labute approximate surface area is 84.2 Å². The van der Waals surface area contributed by atoms with Gasteiger partial charge in [0, 0.05) is 5.41 Å². The van der Waals surface area contributed by atoms with Crippen LogP contribution in [0.3, 0.4) is 0 Å². The maximum absolute atomic E-state index is 10.0. The van der Waals surface area contributed by atoms with E-state index in [4.69, 9.17) is 16.3 Å². The van der Waals surface area contributed by atoms with Crippen molar-refractivity contribution in [3.8, 4) is 0 Å². The van der Waals surface area contributed by atoms with E-state index in [-0.39, 0.29) is 22.5 Å². The molecule has 76 valence electrons. The van der Waals surface area contributed by atoms with Gasteiger partial charge in [0.1, 0.15) is 0 Å². The number of rotatable bonds is 0. The monoisotopic (exact) mass is 204 g/mol. The van der Waals surface area contributed by atoms with Gasteiger partial charge in [0.25, 0.3) is 0 Å². The van der Waals surface area contributed by atoms with Crippen LogP contribution in [0.1, 0.15) is 33.6 Å². The Morgan fingerprint density at radius 3 is 2.62 bits per heavy atom. The smallest absolute Gasteiger partial charge is 0.0888 e. The van der Waals surface area contributed by atoms with Gasteiger partial charge >= 0.3 is 0 Å². The number of aliphatic hydroxyl groups is 1. The summed E-state index contributed by atoms with van der Waals surface area (Å²) in [6.07, 6.45) is 1.69. The van der Waals surface area contributed by atoms with E-state index in [0.717, 1.165) is 12.8 Å². The molecule has 0 aromatic carbocycles. The normalized spacial score (nSPS) is 53.8. The summed E-state index contributed by atoms with van der Waals surface area (Å²) in [5.41, 5.74) is -0.510. The number of alkyl halides is 1. The minimum atomic E-state index is -0.458. The third kappa shape index (κ3) is 1.15. The minimum absolute atomic E-state index is 0.169. The Kier molecular flexibility index (Phi) is 1.96. The second-order valence-corrected chi connectivity index (χ2v) is 5.60. The molecule has 3 heteroatoms. The zero-order chi connectivity index (χ0) is 9.85. The van der Waals surface area contributed by atoms with Gasteiger partial charge < -0.3 is 9.84 Å². The molecule has 0 amide bonds. The highest BCUT2D eigenvalue weighted by Gasteiger charge is 2.58. The van der Waals surface area contributed by atoms with Crippen LogP contribution >= 0.6 is 11.6 Å². The maximum Gasteiger partial charge on any atom is 0.0888 e. The van der Waals surface area contributed by atoms with Crippen molar-refractivity contribution in [3.63, 3.8) is 0 Å². The Hall–Kier alpha value is 0.210. The average Bonchev–Trinajstić information content (AvgIpc) is 2.43. The number of fused-ring (bicyclic) bond motifs is 2. The van der Waals surface area contributed by atoms with Crippen LogP contribution in [0.5, 0.6) is 0 Å². The van der Waals surface area contributed by atoms with Gasteiger partial charge in [-0.25, -0.2) is 0 Å². The third-order valence-corrected chi connectivity index (χ3v) is 4.47. The molecule has 2 bridgehead atoms. The summed E-state index contributed by atoms with van der Waals surface area (Å²) in [5, 5.41) is 9.76. The first-order valence-corrected chi connectivity index (χ1v) is 5.31. The van der Waals surface area contributed by atoms with Gasteiger partial charge in [-0.05, 0) is 19.8 Å². The highest BCUT2D eigenvalue weighted by Crippen LogP contribution is 2.51. The lowest BCUT2D eigenvalue weighted by Crippen LogP contribution is -2.57. The molecule has 2 aliphatic rings. The number of hydrogen-bond acceptors (Lipinski definition) is 2. The van der Waals surface area contributed by atoms with Crippen LogP contribution in [0.4, 0.5) is 0 Å². The van der Waals surface area contributed by atoms with Crippen molar-refractivity contribution >= 4 is 11.6 Å². The minimum Gasteiger partial charge on any atom is -0.391 e. The van der Waals surface area contributed by atoms with Gasteiger partial charge in [-0.1, -0.05) is 13.8 Å². The summed E-state index contributed by atoms with van der Waals surface area (Å²) >= 11 is 6.21. The van der Waals surface area contributed by atoms with E-state index in [1.807, 2.05) is 20.8 Å². The number of ether oxygens (including phenoxy) is 1. The Balaban J connectivity index is 2.34. The van der Waals surface area contributed by atoms with Crippen molar-refractivity contribution in [3.05, 3.63) is 0 Å². The fraction of sp³-hybridized carbons (Fsp3) is 1.00. The molecule has 2 nitrogen and oxygen atoms in total. The summed E-state index contributed by atoms with van der Waals surface area (Å²) in [4.78, 5) is 0. The lowest BCUT2D eigenvalue weighted by atomic mass is 9.76. The van der Waals surface area contributed by atoms with Gasteiger partial charge in [-0.15, -0.1) is 11.6 Å². The topological polar surface area (TPSA) is 29.5 Å². The molecule has 4 atom stereocenters. The molecule has 13 heavy (non-hydrogen) atoms. The zero-order valence-electron chi connectivity index (χ0n) is 8.38. The van der Waals surface area contributed by atoms with Crippen molar-refractivity contribution in [2.45, 2.75) is 56.8 Å². The average molecular weight is 205 g/mol. The van der Waals surface area contributed by atoms with Gasteiger partial charge in [0.15, 0.2) is 0 Å². The van der Waals surface area contributed by atoms with Crippen LogP contribution in [0.15, 0.2) is 0 Å². The molecule has 0 aliphatic carbocycles. The van der Waals surface area contributed by atoms with E-state index >= 15 is 0 Å². The molecule has 4 unspecified atom stereocenters. The highest BCUT2D eigenvalue weighted by atomic mass is 35.5. The molecule has 2 aliphatic heterocycles. The van der Waals surface area contributed by atoms with Crippen molar-refractivity contribution in [2.24, 2.45) is 5.41 Å². The summed E-state index contributed by atoms with van der Waals surface area (Å²) in [6.45, 7) is 6.06. The van der Waals surface area contributed by atoms with Crippen molar-refractivity contribution in [2.75, 3.05) is 0 Å². The SMILES string of the molecule is CC12CCC(O1)C(C)(C)C(O)C2Cl. The van der Waals surface area contributed by atoms with E-state index in [9.17, 15) is 5.11 Å². The molecule has 0 saturated carbocycles. The molecule has 2 fully saturated rings. The lowest BCUT2D eigenvalue weighted by molar-refractivity contribution is -0.173. The van der Waals surface area contributed by atoms with E-state index < -0.39 is 6.10 Å². The van der Waals surface area contributed by atoms with Crippen molar-refractivity contribution < 1.29 is 9.84 Å². The second kappa shape index (κ2) is 2.62. The second-order valence-electron chi connectivity index (χ2n) is 5.13. The van der Waals surface area contributed by atoms with Gasteiger partial charge in [0.2, 0.25) is 0 Å². The van der Waals surface area contributed by atoms with Crippen LogP contribution < -0.4 is 0 Å². The van der Waals surface area contributed by atoms with E-state index in [1.54, 1.807) is 0 Å². The molecule has 2 saturated heterocycles. The first-order valence-electron chi connectivity index (χ1n) is 4.88. The molecule has 0 spiro atoms. The Morgan fingerprint density at radius 2 is 2.00 bits per heavy atom. The van der Waals surface area contributed by atoms with Gasteiger partial charge in [0.05, 0.1) is 23.2 Å².